The molecule has 0 aliphatic carbocycles. The zero-order valence-electron chi connectivity index (χ0n) is 11.3. The molecule has 0 aromatic heterocycles. The molecule has 1 unspecified atom stereocenters. The minimum atomic E-state index is -5.39. The van der Waals surface area contributed by atoms with Crippen LogP contribution in [0.1, 0.15) is 6.92 Å². The van der Waals surface area contributed by atoms with Crippen molar-refractivity contribution in [2.45, 2.75) is 37.1 Å². The smallest absolute Gasteiger partial charge is 0.430 e. The van der Waals surface area contributed by atoms with Crippen molar-refractivity contribution < 1.29 is 58.9 Å². The molecule has 0 radical (unpaired) electrons. The largest absolute Gasteiger partial charge is 0.508 e. The lowest BCUT2D eigenvalue weighted by Crippen LogP contribution is -2.51. The lowest BCUT2D eigenvalue weighted by molar-refractivity contribution is -0.397. The van der Waals surface area contributed by atoms with Crippen LogP contribution in [0.4, 0.5) is 39.9 Å². The molecule has 1 saturated heterocycles. The normalized spacial score (nSPS) is 20.4. The van der Waals surface area contributed by atoms with E-state index in [2.05, 4.69) is 18.9 Å². The molecule has 0 bridgehead atoms. The van der Waals surface area contributed by atoms with Gasteiger partial charge in [0.2, 0.25) is 0 Å². The Bertz CT molecular complexity index is 435. The topological polar surface area (TPSA) is 54.0 Å². The quantitative estimate of drug-likeness (QED) is 0.491. The monoisotopic (exact) mass is 362 g/mol. The molecule has 1 fully saturated rings. The second kappa shape index (κ2) is 6.26. The van der Waals surface area contributed by atoms with Crippen molar-refractivity contribution in [1.82, 2.24) is 0 Å². The van der Waals surface area contributed by atoms with Crippen LogP contribution in [0.25, 0.3) is 0 Å². The second-order valence-electron chi connectivity index (χ2n) is 4.53. The number of halogens is 8. The van der Waals surface area contributed by atoms with Crippen LogP contribution in [0.15, 0.2) is 0 Å². The van der Waals surface area contributed by atoms with Gasteiger partial charge in [0.25, 0.3) is 0 Å². The highest BCUT2D eigenvalue weighted by Gasteiger charge is 2.62. The van der Waals surface area contributed by atoms with E-state index in [1.165, 1.54) is 0 Å². The third kappa shape index (κ3) is 4.80. The van der Waals surface area contributed by atoms with Crippen molar-refractivity contribution in [1.29, 1.82) is 0 Å². The summed E-state index contributed by atoms with van der Waals surface area (Å²) in [7, 11) is 0. The summed E-state index contributed by atoms with van der Waals surface area (Å²) in [6.45, 7) is -4.86. The Morgan fingerprint density at radius 2 is 1.61 bits per heavy atom. The van der Waals surface area contributed by atoms with Gasteiger partial charge in [0, 0.05) is 6.92 Å². The highest BCUT2D eigenvalue weighted by atomic mass is 19.3. The predicted octanol–water partition coefficient (Wildman–Crippen LogP) is 3.03. The molecule has 0 aromatic carbocycles. The Kier molecular flexibility index (Phi) is 5.36. The number of carbonyl (C=O) groups is 1. The highest BCUT2D eigenvalue weighted by molar-refractivity contribution is 5.61. The molecule has 0 N–H and O–H groups in total. The summed E-state index contributed by atoms with van der Waals surface area (Å²) in [5.41, 5.74) is 0. The number of alkyl halides is 8. The molecule has 5 nitrogen and oxygen atoms in total. The zero-order valence-corrected chi connectivity index (χ0v) is 11.3. The van der Waals surface area contributed by atoms with Crippen molar-refractivity contribution in [3.05, 3.63) is 0 Å². The van der Waals surface area contributed by atoms with Gasteiger partial charge < -0.3 is 18.9 Å². The molecule has 1 heterocycles. The van der Waals surface area contributed by atoms with Gasteiger partial charge >= 0.3 is 30.2 Å². The SMILES string of the molecule is CC(F)(F)C(F)(F)OCC(F)(F)C(F)(F)OCC1COC(=O)O1. The molecule has 23 heavy (non-hydrogen) atoms. The van der Waals surface area contributed by atoms with Gasteiger partial charge in [-0.25, -0.2) is 4.79 Å². The number of hydrogen-bond acceptors (Lipinski definition) is 5. The van der Waals surface area contributed by atoms with Crippen molar-refractivity contribution in [2.75, 3.05) is 19.8 Å². The highest BCUT2D eigenvalue weighted by Crippen LogP contribution is 2.40. The van der Waals surface area contributed by atoms with Crippen molar-refractivity contribution in [3.63, 3.8) is 0 Å². The molecule has 0 saturated carbocycles. The number of hydrogen-bond donors (Lipinski definition) is 0. The van der Waals surface area contributed by atoms with E-state index >= 15 is 0 Å². The van der Waals surface area contributed by atoms with Crippen molar-refractivity contribution in [3.8, 4) is 0 Å². The Labute approximate surface area is 123 Å². The molecular weight excluding hydrogens is 352 g/mol. The minimum absolute atomic E-state index is 0.339. The van der Waals surface area contributed by atoms with E-state index in [1.807, 2.05) is 0 Å². The molecule has 0 amide bonds. The number of rotatable bonds is 8. The van der Waals surface area contributed by atoms with Gasteiger partial charge in [0.15, 0.2) is 6.10 Å². The maximum atomic E-state index is 13.2. The van der Waals surface area contributed by atoms with Crippen LogP contribution in [0.3, 0.4) is 0 Å². The van der Waals surface area contributed by atoms with E-state index in [9.17, 15) is 39.9 Å². The van der Waals surface area contributed by atoms with Crippen molar-refractivity contribution >= 4 is 6.16 Å². The van der Waals surface area contributed by atoms with Crippen LogP contribution in [-0.2, 0) is 18.9 Å². The maximum absolute atomic E-state index is 13.2. The minimum Gasteiger partial charge on any atom is -0.430 e. The lowest BCUT2D eigenvalue weighted by atomic mass is 10.3. The molecule has 1 aliphatic rings. The third-order valence-electron chi connectivity index (χ3n) is 2.47. The number of cyclic esters (lactones) is 2. The number of ether oxygens (including phenoxy) is 4. The van der Waals surface area contributed by atoms with Gasteiger partial charge in [-0.05, 0) is 0 Å². The van der Waals surface area contributed by atoms with Gasteiger partial charge in [0.05, 0.1) is 6.61 Å². The van der Waals surface area contributed by atoms with Crippen LogP contribution in [0, 0.1) is 0 Å². The zero-order chi connectivity index (χ0) is 18.1. The molecule has 0 aromatic rings. The van der Waals surface area contributed by atoms with Crippen LogP contribution >= 0.6 is 0 Å². The van der Waals surface area contributed by atoms with Gasteiger partial charge in [-0.15, -0.1) is 0 Å². The van der Waals surface area contributed by atoms with E-state index in [1.54, 1.807) is 0 Å². The molecule has 0 spiro atoms. The van der Waals surface area contributed by atoms with E-state index in [0.717, 1.165) is 0 Å². The summed E-state index contributed by atoms with van der Waals surface area (Å²) in [6, 6.07) is 0. The predicted molar refractivity (Wildman–Crippen MR) is 53.6 cm³/mol. The van der Waals surface area contributed by atoms with E-state index in [-0.39, 0.29) is 6.92 Å². The molecule has 1 rings (SSSR count). The fraction of sp³-hybridized carbons (Fsp3) is 0.900. The first-order chi connectivity index (χ1) is 10.2. The van der Waals surface area contributed by atoms with Gasteiger partial charge in [-0.1, -0.05) is 0 Å². The average Bonchev–Trinajstić information content (AvgIpc) is 2.79. The second-order valence-corrected chi connectivity index (χ2v) is 4.53. The third-order valence-corrected chi connectivity index (χ3v) is 2.47. The molecule has 1 atom stereocenters. The Morgan fingerprint density at radius 1 is 1.04 bits per heavy atom. The van der Waals surface area contributed by atoms with Gasteiger partial charge in [0.1, 0.15) is 13.2 Å². The first-order valence-corrected chi connectivity index (χ1v) is 5.80. The fourth-order valence-electron chi connectivity index (χ4n) is 1.14. The molecule has 136 valence electrons. The summed E-state index contributed by atoms with van der Waals surface area (Å²) < 4.78 is 117. The molecule has 13 heteroatoms. The Balaban J connectivity index is 2.60. The van der Waals surface area contributed by atoms with Gasteiger partial charge in [-0.2, -0.15) is 35.1 Å². The van der Waals surface area contributed by atoms with Crippen LogP contribution < -0.4 is 0 Å². The Morgan fingerprint density at radius 3 is 2.04 bits per heavy atom. The summed E-state index contributed by atoms with van der Waals surface area (Å²) >= 11 is 0. The summed E-state index contributed by atoms with van der Waals surface area (Å²) in [5, 5.41) is 0. The van der Waals surface area contributed by atoms with E-state index in [4.69, 9.17) is 0 Å². The summed E-state index contributed by atoms with van der Waals surface area (Å²) in [4.78, 5) is 10.5. The summed E-state index contributed by atoms with van der Waals surface area (Å²) in [5.74, 6) is -10.2. The van der Waals surface area contributed by atoms with Crippen LogP contribution in [-0.4, -0.2) is 56.1 Å². The fourth-order valence-corrected chi connectivity index (χ4v) is 1.14. The van der Waals surface area contributed by atoms with Crippen LogP contribution in [0.2, 0.25) is 0 Å². The van der Waals surface area contributed by atoms with Crippen molar-refractivity contribution in [2.24, 2.45) is 0 Å². The summed E-state index contributed by atoms with van der Waals surface area (Å²) in [6.07, 6.45) is -13.4. The van der Waals surface area contributed by atoms with E-state index < -0.39 is 56.1 Å². The van der Waals surface area contributed by atoms with E-state index in [0.29, 0.717) is 0 Å². The first kappa shape index (κ1) is 19.7. The Hall–Kier alpha value is -1.37. The van der Waals surface area contributed by atoms with Gasteiger partial charge in [-0.3, -0.25) is 0 Å². The number of carbonyl (C=O) groups excluding carboxylic acids is 1. The standard InChI is InChI=1S/C10H10F8O5/c1-7(11,12)9(15,16)22-4-8(13,14)10(17,18)21-3-5-2-20-6(19)23-5/h5H,2-4H2,1H3. The molecular formula is C10H10F8O5. The lowest BCUT2D eigenvalue weighted by Gasteiger charge is -2.29. The maximum Gasteiger partial charge on any atom is 0.508 e. The molecule has 1 aliphatic heterocycles. The first-order valence-electron chi connectivity index (χ1n) is 5.80. The van der Waals surface area contributed by atoms with Crippen LogP contribution in [0.5, 0.6) is 0 Å². The average molecular weight is 362 g/mol.